The van der Waals surface area contributed by atoms with Crippen molar-refractivity contribution in [2.45, 2.75) is 31.4 Å². The first-order valence-corrected chi connectivity index (χ1v) is 10.8. The van der Waals surface area contributed by atoms with Crippen LogP contribution in [0.15, 0.2) is 61.2 Å². The van der Waals surface area contributed by atoms with Crippen LogP contribution in [0.4, 0.5) is 22.0 Å². The minimum Gasteiger partial charge on any atom is -0.369 e. The van der Waals surface area contributed by atoms with Crippen LogP contribution in [-0.4, -0.2) is 25.9 Å². The zero-order chi connectivity index (χ0) is 24.3. The topological polar surface area (TPSA) is 27.7 Å². The Labute approximate surface area is 193 Å². The van der Waals surface area contributed by atoms with E-state index in [9.17, 15) is 17.6 Å². The second-order valence-corrected chi connectivity index (χ2v) is 8.07. The van der Waals surface area contributed by atoms with E-state index in [0.29, 0.717) is 47.8 Å². The van der Waals surface area contributed by atoms with Gasteiger partial charge in [0, 0.05) is 10.9 Å². The van der Waals surface area contributed by atoms with Crippen LogP contribution in [0.2, 0.25) is 0 Å². The lowest BCUT2D eigenvalue weighted by Crippen LogP contribution is -2.33. The summed E-state index contributed by atoms with van der Waals surface area (Å²) in [4.78, 5) is 0. The van der Waals surface area contributed by atoms with Gasteiger partial charge in [-0.25, -0.2) is 8.78 Å². The summed E-state index contributed by atoms with van der Waals surface area (Å²) in [5.74, 6) is -1.75. The Balaban J connectivity index is 1.44. The maximum absolute atomic E-state index is 15.1. The van der Waals surface area contributed by atoms with Gasteiger partial charge in [-0.05, 0) is 47.6 Å². The molecule has 0 bridgehead atoms. The Morgan fingerprint density at radius 2 is 1.74 bits per heavy atom. The molecule has 0 atom stereocenters. The Morgan fingerprint density at radius 1 is 0.971 bits per heavy atom. The van der Waals surface area contributed by atoms with Gasteiger partial charge in [0.2, 0.25) is 0 Å². The van der Waals surface area contributed by atoms with E-state index in [2.05, 4.69) is 6.58 Å². The molecule has 1 aliphatic rings. The molecule has 1 aliphatic heterocycles. The molecule has 180 valence electrons. The molecule has 4 rings (SSSR count). The fraction of sp³-hybridized carbons (Fsp3) is 0.308. The SMILES string of the molecule is C=CCOC1COC(c2ccc3c(F)c(CCc4ccc(C(F)(F)F)c(F)c4)ccc3c2)OC1. The van der Waals surface area contributed by atoms with Gasteiger partial charge in [0.15, 0.2) is 6.29 Å². The molecule has 0 aliphatic carbocycles. The predicted octanol–water partition coefficient (Wildman–Crippen LogP) is 6.54. The fourth-order valence-electron chi connectivity index (χ4n) is 3.90. The van der Waals surface area contributed by atoms with Gasteiger partial charge in [0.05, 0.1) is 25.4 Å². The molecule has 0 unspecified atom stereocenters. The average molecular weight is 478 g/mol. The van der Waals surface area contributed by atoms with E-state index in [1.54, 1.807) is 36.4 Å². The fourth-order valence-corrected chi connectivity index (χ4v) is 3.90. The highest BCUT2D eigenvalue weighted by molar-refractivity contribution is 5.84. The second-order valence-electron chi connectivity index (χ2n) is 8.07. The second kappa shape index (κ2) is 10.2. The maximum Gasteiger partial charge on any atom is 0.419 e. The van der Waals surface area contributed by atoms with E-state index in [-0.39, 0.29) is 18.9 Å². The highest BCUT2D eigenvalue weighted by Gasteiger charge is 2.33. The van der Waals surface area contributed by atoms with Crippen LogP contribution in [0.25, 0.3) is 10.8 Å². The normalized spacial score (nSPS) is 18.9. The summed E-state index contributed by atoms with van der Waals surface area (Å²) in [5, 5.41) is 1.07. The number of ether oxygens (including phenoxy) is 3. The molecule has 3 aromatic rings. The zero-order valence-electron chi connectivity index (χ0n) is 18.2. The van der Waals surface area contributed by atoms with Crippen LogP contribution in [0, 0.1) is 11.6 Å². The van der Waals surface area contributed by atoms with Crippen molar-refractivity contribution >= 4 is 10.8 Å². The summed E-state index contributed by atoms with van der Waals surface area (Å²) in [6.07, 6.45) is -3.43. The number of fused-ring (bicyclic) bond motifs is 1. The van der Waals surface area contributed by atoms with Crippen molar-refractivity contribution in [3.8, 4) is 0 Å². The third-order valence-electron chi connectivity index (χ3n) is 5.67. The average Bonchev–Trinajstić information content (AvgIpc) is 2.81. The van der Waals surface area contributed by atoms with Gasteiger partial charge < -0.3 is 14.2 Å². The molecule has 0 aromatic heterocycles. The summed E-state index contributed by atoms with van der Waals surface area (Å²) >= 11 is 0. The third-order valence-corrected chi connectivity index (χ3v) is 5.67. The van der Waals surface area contributed by atoms with Crippen LogP contribution < -0.4 is 0 Å². The molecule has 1 fully saturated rings. The number of alkyl halides is 3. The molecule has 0 saturated carbocycles. The highest BCUT2D eigenvalue weighted by atomic mass is 19.4. The van der Waals surface area contributed by atoms with E-state index in [0.717, 1.165) is 11.6 Å². The van der Waals surface area contributed by atoms with Gasteiger partial charge in [-0.15, -0.1) is 6.58 Å². The lowest BCUT2D eigenvalue weighted by molar-refractivity contribution is -0.228. The van der Waals surface area contributed by atoms with E-state index in [1.807, 2.05) is 0 Å². The molecule has 0 amide bonds. The molecule has 0 radical (unpaired) electrons. The van der Waals surface area contributed by atoms with E-state index < -0.39 is 29.7 Å². The highest BCUT2D eigenvalue weighted by Crippen LogP contribution is 2.32. The van der Waals surface area contributed by atoms with Crippen molar-refractivity contribution in [1.29, 1.82) is 0 Å². The van der Waals surface area contributed by atoms with Crippen molar-refractivity contribution in [1.82, 2.24) is 0 Å². The minimum atomic E-state index is -4.75. The number of aryl methyl sites for hydroxylation is 2. The van der Waals surface area contributed by atoms with E-state index in [1.165, 1.54) is 6.07 Å². The number of halogens is 5. The lowest BCUT2D eigenvalue weighted by atomic mass is 9.98. The Morgan fingerprint density at radius 3 is 2.41 bits per heavy atom. The number of benzene rings is 3. The molecule has 34 heavy (non-hydrogen) atoms. The molecule has 1 heterocycles. The molecule has 3 aromatic carbocycles. The number of hydrogen-bond acceptors (Lipinski definition) is 3. The first-order chi connectivity index (χ1) is 16.3. The van der Waals surface area contributed by atoms with Crippen LogP contribution in [0.3, 0.4) is 0 Å². The van der Waals surface area contributed by atoms with E-state index in [4.69, 9.17) is 14.2 Å². The smallest absolute Gasteiger partial charge is 0.369 e. The summed E-state index contributed by atoms with van der Waals surface area (Å²) in [6.45, 7) is 4.75. The molecule has 0 spiro atoms. The van der Waals surface area contributed by atoms with Gasteiger partial charge >= 0.3 is 6.18 Å². The van der Waals surface area contributed by atoms with Crippen LogP contribution in [0.1, 0.15) is 28.5 Å². The number of rotatable bonds is 7. The number of hydrogen-bond donors (Lipinski definition) is 0. The predicted molar refractivity (Wildman–Crippen MR) is 117 cm³/mol. The molecule has 0 N–H and O–H groups in total. The first kappa shape index (κ1) is 24.3. The van der Waals surface area contributed by atoms with Crippen LogP contribution >= 0.6 is 0 Å². The molecule has 1 saturated heterocycles. The molecule has 3 nitrogen and oxygen atoms in total. The minimum absolute atomic E-state index is 0.173. The van der Waals surface area contributed by atoms with Gasteiger partial charge in [-0.1, -0.05) is 36.4 Å². The van der Waals surface area contributed by atoms with Crippen LogP contribution in [-0.2, 0) is 33.2 Å². The van der Waals surface area contributed by atoms with Crippen LogP contribution in [0.5, 0.6) is 0 Å². The quantitative estimate of drug-likeness (QED) is 0.285. The lowest BCUT2D eigenvalue weighted by Gasteiger charge is -2.29. The summed E-state index contributed by atoms with van der Waals surface area (Å²) in [5.41, 5.74) is 0.201. The summed E-state index contributed by atoms with van der Waals surface area (Å²) in [6, 6.07) is 11.4. The summed E-state index contributed by atoms with van der Waals surface area (Å²) < 4.78 is 84.1. The van der Waals surface area contributed by atoms with E-state index >= 15 is 4.39 Å². The Bertz CT molecular complexity index is 1170. The van der Waals surface area contributed by atoms with Crippen molar-refractivity contribution in [2.75, 3.05) is 19.8 Å². The third kappa shape index (κ3) is 5.46. The van der Waals surface area contributed by atoms with Gasteiger partial charge in [0.1, 0.15) is 17.7 Å². The Hall–Kier alpha value is -2.81. The first-order valence-electron chi connectivity index (χ1n) is 10.8. The maximum atomic E-state index is 15.1. The molecular formula is C26H23F5O3. The Kier molecular flexibility index (Phi) is 7.30. The van der Waals surface area contributed by atoms with Gasteiger partial charge in [-0.2, -0.15) is 13.2 Å². The summed E-state index contributed by atoms with van der Waals surface area (Å²) in [7, 11) is 0. The largest absolute Gasteiger partial charge is 0.419 e. The van der Waals surface area contributed by atoms with Crippen molar-refractivity contribution in [3.63, 3.8) is 0 Å². The molecule has 8 heteroatoms. The van der Waals surface area contributed by atoms with Crippen molar-refractivity contribution < 1.29 is 36.2 Å². The van der Waals surface area contributed by atoms with Gasteiger partial charge in [-0.3, -0.25) is 0 Å². The molecular weight excluding hydrogens is 455 g/mol. The zero-order valence-corrected chi connectivity index (χ0v) is 18.2. The van der Waals surface area contributed by atoms with Crippen molar-refractivity contribution in [2.24, 2.45) is 0 Å². The monoisotopic (exact) mass is 478 g/mol. The standard InChI is InChI=1S/C26H23F5O3/c1-2-11-32-20-14-33-25(34-15-20)19-8-9-21-18(13-19)7-6-17(24(21)28)5-3-16-4-10-22(23(27)12-16)26(29,30)31/h2,4,6-10,12-13,20,25H,1,3,5,11,14-15H2. The van der Waals surface area contributed by atoms with Gasteiger partial charge in [0.25, 0.3) is 0 Å². The van der Waals surface area contributed by atoms with Crippen molar-refractivity contribution in [3.05, 3.63) is 95.1 Å².